The molecule has 7 heteroatoms. The summed E-state index contributed by atoms with van der Waals surface area (Å²) in [6, 6.07) is 8.66. The molecule has 2 aromatic rings. The molecular formula is C23H31Cl2N3O2. The van der Waals surface area contributed by atoms with Gasteiger partial charge in [-0.2, -0.15) is 0 Å². The number of esters is 1. The fourth-order valence-corrected chi connectivity index (χ4v) is 5.35. The molecule has 2 fully saturated rings. The van der Waals surface area contributed by atoms with E-state index in [2.05, 4.69) is 39.1 Å². The molecule has 0 bridgehead atoms. The first-order valence-electron chi connectivity index (χ1n) is 10.9. The van der Waals surface area contributed by atoms with Crippen molar-refractivity contribution in [3.8, 4) is 11.3 Å². The molecule has 3 heterocycles. The molecular weight excluding hydrogens is 421 g/mol. The zero-order valence-electron chi connectivity index (χ0n) is 17.2. The molecule has 3 aliphatic rings. The van der Waals surface area contributed by atoms with Crippen molar-refractivity contribution in [2.45, 2.75) is 69.6 Å². The number of nitrogens with zero attached hydrogens (tertiary/aromatic N) is 2. The number of imidazole rings is 1. The lowest BCUT2D eigenvalue weighted by molar-refractivity contribution is -0.155. The Morgan fingerprint density at radius 3 is 2.70 bits per heavy atom. The molecule has 1 N–H and O–H groups in total. The van der Waals surface area contributed by atoms with Gasteiger partial charge >= 0.3 is 5.97 Å². The van der Waals surface area contributed by atoms with E-state index >= 15 is 0 Å². The third kappa shape index (κ3) is 4.39. The first-order chi connectivity index (χ1) is 13.8. The third-order valence-electron chi connectivity index (χ3n) is 6.84. The minimum Gasteiger partial charge on any atom is -0.461 e. The van der Waals surface area contributed by atoms with Gasteiger partial charge in [0, 0.05) is 12.0 Å². The number of nitrogens with one attached hydrogen (secondary N) is 1. The highest BCUT2D eigenvalue weighted by Crippen LogP contribution is 2.43. The quantitative estimate of drug-likeness (QED) is 0.654. The molecule has 1 aromatic heterocycles. The normalized spacial score (nSPS) is 23.6. The predicted octanol–water partition coefficient (Wildman–Crippen LogP) is 4.93. The SMILES string of the molecule is Cl.Cl.O=C(OC(CC1c2ccccc2-c2cncn21)C1CCCCC1)[C@@H]1CCCN1. The van der Waals surface area contributed by atoms with E-state index in [9.17, 15) is 4.79 Å². The van der Waals surface area contributed by atoms with Crippen LogP contribution in [0.2, 0.25) is 0 Å². The van der Waals surface area contributed by atoms with Crippen LogP contribution in [0.3, 0.4) is 0 Å². The molecule has 5 rings (SSSR count). The molecule has 5 nitrogen and oxygen atoms in total. The average Bonchev–Trinajstić information content (AvgIpc) is 3.47. The van der Waals surface area contributed by atoms with E-state index in [1.165, 1.54) is 48.9 Å². The van der Waals surface area contributed by atoms with Crippen LogP contribution in [0, 0.1) is 5.92 Å². The summed E-state index contributed by atoms with van der Waals surface area (Å²) in [4.78, 5) is 17.2. The van der Waals surface area contributed by atoms with Gasteiger partial charge in [-0.05, 0) is 43.7 Å². The fraction of sp³-hybridized carbons (Fsp3) is 0.565. The first-order valence-corrected chi connectivity index (χ1v) is 10.9. The van der Waals surface area contributed by atoms with Gasteiger partial charge in [-0.15, -0.1) is 24.8 Å². The van der Waals surface area contributed by atoms with Crippen LogP contribution in [-0.4, -0.2) is 34.2 Å². The van der Waals surface area contributed by atoms with E-state index in [-0.39, 0.29) is 49.0 Å². The fourth-order valence-electron chi connectivity index (χ4n) is 5.35. The summed E-state index contributed by atoms with van der Waals surface area (Å²) in [5.41, 5.74) is 3.76. The summed E-state index contributed by atoms with van der Waals surface area (Å²) < 4.78 is 8.47. The highest BCUT2D eigenvalue weighted by atomic mass is 35.5. The van der Waals surface area contributed by atoms with Crippen molar-refractivity contribution in [2.24, 2.45) is 5.92 Å². The highest BCUT2D eigenvalue weighted by molar-refractivity contribution is 5.85. The van der Waals surface area contributed by atoms with Crippen molar-refractivity contribution in [3.05, 3.63) is 42.4 Å². The van der Waals surface area contributed by atoms with E-state index in [4.69, 9.17) is 4.74 Å². The number of carbonyl (C=O) groups excluding carboxylic acids is 1. The van der Waals surface area contributed by atoms with Gasteiger partial charge in [-0.1, -0.05) is 43.5 Å². The maximum Gasteiger partial charge on any atom is 0.323 e. The van der Waals surface area contributed by atoms with Crippen molar-refractivity contribution in [2.75, 3.05) is 6.54 Å². The maximum absolute atomic E-state index is 12.8. The average molecular weight is 452 g/mol. The second kappa shape index (κ2) is 10.2. The topological polar surface area (TPSA) is 56.1 Å². The molecule has 0 radical (unpaired) electrons. The zero-order valence-corrected chi connectivity index (χ0v) is 18.8. The van der Waals surface area contributed by atoms with Gasteiger partial charge < -0.3 is 14.6 Å². The molecule has 30 heavy (non-hydrogen) atoms. The summed E-state index contributed by atoms with van der Waals surface area (Å²) in [5.74, 6) is 0.420. The number of carbonyl (C=O) groups is 1. The highest BCUT2D eigenvalue weighted by Gasteiger charge is 2.36. The molecule has 0 amide bonds. The number of rotatable bonds is 5. The number of fused-ring (bicyclic) bond motifs is 3. The van der Waals surface area contributed by atoms with Crippen molar-refractivity contribution >= 4 is 30.8 Å². The minimum atomic E-state index is -0.120. The van der Waals surface area contributed by atoms with Gasteiger partial charge in [0.2, 0.25) is 0 Å². The number of aromatic nitrogens is 2. The van der Waals surface area contributed by atoms with Crippen LogP contribution in [0.1, 0.15) is 63.0 Å². The Labute approximate surface area is 190 Å². The van der Waals surface area contributed by atoms with Crippen LogP contribution in [0.5, 0.6) is 0 Å². The zero-order chi connectivity index (χ0) is 18.9. The van der Waals surface area contributed by atoms with Crippen LogP contribution in [-0.2, 0) is 9.53 Å². The molecule has 3 atom stereocenters. The van der Waals surface area contributed by atoms with E-state index in [0.717, 1.165) is 25.8 Å². The van der Waals surface area contributed by atoms with E-state index in [1.54, 1.807) is 0 Å². The van der Waals surface area contributed by atoms with Crippen LogP contribution >= 0.6 is 24.8 Å². The molecule has 1 saturated carbocycles. The van der Waals surface area contributed by atoms with Gasteiger partial charge in [0.25, 0.3) is 0 Å². The second-order valence-electron chi connectivity index (χ2n) is 8.55. The Morgan fingerprint density at radius 2 is 1.93 bits per heavy atom. The standard InChI is InChI=1S/C23H29N3O2.2ClH/c27-23(19-11-6-12-25-19)28-22(16-7-2-1-3-8-16)13-20-17-9-4-5-10-18(17)21-14-24-15-26(20)21;;/h4-5,9-10,14-16,19-20,22,25H,1-3,6-8,11-13H2;2*1H/t19-,20?,22?;;/m0../s1. The summed E-state index contributed by atoms with van der Waals surface area (Å²) in [6.07, 6.45) is 12.8. The van der Waals surface area contributed by atoms with Crippen molar-refractivity contribution in [1.82, 2.24) is 14.9 Å². The Morgan fingerprint density at radius 1 is 1.13 bits per heavy atom. The minimum absolute atomic E-state index is 0. The Hall–Kier alpha value is -1.56. The molecule has 1 saturated heterocycles. The van der Waals surface area contributed by atoms with E-state index in [1.807, 2.05) is 12.5 Å². The number of ether oxygens (including phenoxy) is 1. The molecule has 0 spiro atoms. The van der Waals surface area contributed by atoms with Crippen molar-refractivity contribution < 1.29 is 9.53 Å². The molecule has 164 valence electrons. The smallest absolute Gasteiger partial charge is 0.323 e. The van der Waals surface area contributed by atoms with Gasteiger partial charge in [-0.3, -0.25) is 4.79 Å². The number of halogens is 2. The molecule has 2 unspecified atom stereocenters. The molecule has 2 aliphatic heterocycles. The monoisotopic (exact) mass is 451 g/mol. The Kier molecular flexibility index (Phi) is 7.83. The van der Waals surface area contributed by atoms with Crippen LogP contribution in [0.4, 0.5) is 0 Å². The maximum atomic E-state index is 12.8. The predicted molar refractivity (Wildman–Crippen MR) is 122 cm³/mol. The molecule has 1 aromatic carbocycles. The first kappa shape index (κ1) is 23.1. The number of hydrogen-bond acceptors (Lipinski definition) is 4. The summed E-state index contributed by atoms with van der Waals surface area (Å²) >= 11 is 0. The van der Waals surface area contributed by atoms with Gasteiger partial charge in [-0.25, -0.2) is 4.98 Å². The summed E-state index contributed by atoms with van der Waals surface area (Å²) in [5, 5.41) is 3.30. The summed E-state index contributed by atoms with van der Waals surface area (Å²) in [7, 11) is 0. The van der Waals surface area contributed by atoms with Gasteiger partial charge in [0.15, 0.2) is 0 Å². The Balaban J connectivity index is 0.00000128. The number of hydrogen-bond donors (Lipinski definition) is 1. The summed E-state index contributed by atoms with van der Waals surface area (Å²) in [6.45, 7) is 0.919. The van der Waals surface area contributed by atoms with Crippen LogP contribution in [0.25, 0.3) is 11.3 Å². The van der Waals surface area contributed by atoms with Gasteiger partial charge in [0.05, 0.1) is 24.3 Å². The van der Waals surface area contributed by atoms with E-state index < -0.39 is 0 Å². The third-order valence-corrected chi connectivity index (χ3v) is 6.84. The van der Waals surface area contributed by atoms with Crippen LogP contribution < -0.4 is 5.32 Å². The lowest BCUT2D eigenvalue weighted by Crippen LogP contribution is -2.38. The second-order valence-corrected chi connectivity index (χ2v) is 8.55. The van der Waals surface area contributed by atoms with Crippen LogP contribution in [0.15, 0.2) is 36.8 Å². The largest absolute Gasteiger partial charge is 0.461 e. The van der Waals surface area contributed by atoms with E-state index in [0.29, 0.717) is 5.92 Å². The number of benzene rings is 1. The van der Waals surface area contributed by atoms with Gasteiger partial charge in [0.1, 0.15) is 12.1 Å². The van der Waals surface area contributed by atoms with Crippen molar-refractivity contribution in [1.29, 1.82) is 0 Å². The Bertz CT molecular complexity index is 844. The molecule has 1 aliphatic carbocycles. The lowest BCUT2D eigenvalue weighted by atomic mass is 9.82. The van der Waals surface area contributed by atoms with Crippen molar-refractivity contribution in [3.63, 3.8) is 0 Å². The lowest BCUT2D eigenvalue weighted by Gasteiger charge is -2.33.